The SMILES string of the molecule is CCCc1ccc(C(=O)CCC(=O)Nc2ccc(OC)c(S(=O)(=O)N3CCCCC3)c2)cc1. The zero-order chi connectivity index (χ0) is 23.8. The van der Waals surface area contributed by atoms with Crippen molar-refractivity contribution in [1.29, 1.82) is 0 Å². The van der Waals surface area contributed by atoms with Gasteiger partial charge in [-0.2, -0.15) is 4.31 Å². The molecular weight excluding hydrogens is 440 g/mol. The average Bonchev–Trinajstić information content (AvgIpc) is 2.83. The van der Waals surface area contributed by atoms with Crippen LogP contribution in [0.4, 0.5) is 5.69 Å². The number of benzene rings is 2. The monoisotopic (exact) mass is 472 g/mol. The molecule has 1 aliphatic rings. The third-order valence-corrected chi connectivity index (χ3v) is 7.69. The lowest BCUT2D eigenvalue weighted by Crippen LogP contribution is -2.35. The van der Waals surface area contributed by atoms with E-state index in [1.54, 1.807) is 18.2 Å². The topological polar surface area (TPSA) is 92.8 Å². The van der Waals surface area contributed by atoms with E-state index in [2.05, 4.69) is 12.2 Å². The van der Waals surface area contributed by atoms with E-state index in [-0.39, 0.29) is 35.2 Å². The Hall–Kier alpha value is -2.71. The van der Waals surface area contributed by atoms with Crippen molar-refractivity contribution in [2.45, 2.75) is 56.8 Å². The normalized spacial score (nSPS) is 14.6. The van der Waals surface area contributed by atoms with Gasteiger partial charge < -0.3 is 10.1 Å². The number of aryl methyl sites for hydroxylation is 1. The van der Waals surface area contributed by atoms with Crippen LogP contribution >= 0.6 is 0 Å². The molecule has 0 aromatic heterocycles. The Morgan fingerprint density at radius 3 is 2.33 bits per heavy atom. The van der Waals surface area contributed by atoms with Crippen molar-refractivity contribution in [1.82, 2.24) is 4.31 Å². The molecule has 2 aromatic carbocycles. The highest BCUT2D eigenvalue weighted by Gasteiger charge is 2.29. The number of nitrogens with zero attached hydrogens (tertiary/aromatic N) is 1. The molecule has 0 saturated carbocycles. The number of carbonyl (C=O) groups is 2. The summed E-state index contributed by atoms with van der Waals surface area (Å²) in [5.74, 6) is -0.214. The summed E-state index contributed by atoms with van der Waals surface area (Å²) in [7, 11) is -2.31. The van der Waals surface area contributed by atoms with Gasteiger partial charge in [-0.15, -0.1) is 0 Å². The number of hydrogen-bond acceptors (Lipinski definition) is 5. The molecule has 8 heteroatoms. The summed E-state index contributed by atoms with van der Waals surface area (Å²) < 4.78 is 33.0. The fraction of sp³-hybridized carbons (Fsp3) is 0.440. The van der Waals surface area contributed by atoms with Gasteiger partial charge in [0.25, 0.3) is 0 Å². The van der Waals surface area contributed by atoms with Gasteiger partial charge in [0, 0.05) is 37.2 Å². The van der Waals surface area contributed by atoms with Crippen LogP contribution in [0.15, 0.2) is 47.4 Å². The van der Waals surface area contributed by atoms with Crippen molar-refractivity contribution in [2.75, 3.05) is 25.5 Å². The molecule has 33 heavy (non-hydrogen) atoms. The van der Waals surface area contributed by atoms with Gasteiger partial charge in [-0.3, -0.25) is 9.59 Å². The van der Waals surface area contributed by atoms with Crippen LogP contribution in [0.25, 0.3) is 0 Å². The van der Waals surface area contributed by atoms with E-state index < -0.39 is 10.0 Å². The number of ether oxygens (including phenoxy) is 1. The molecule has 0 spiro atoms. The van der Waals surface area contributed by atoms with E-state index in [1.165, 1.54) is 29.1 Å². The molecule has 0 unspecified atom stereocenters. The largest absolute Gasteiger partial charge is 0.495 e. The maximum absolute atomic E-state index is 13.1. The van der Waals surface area contributed by atoms with E-state index in [0.717, 1.165) is 32.1 Å². The first-order valence-corrected chi connectivity index (χ1v) is 12.9. The number of anilines is 1. The smallest absolute Gasteiger partial charge is 0.246 e. The minimum atomic E-state index is -3.73. The molecule has 1 amide bonds. The van der Waals surface area contributed by atoms with Crippen molar-refractivity contribution in [3.05, 3.63) is 53.6 Å². The molecule has 2 aromatic rings. The van der Waals surface area contributed by atoms with Gasteiger partial charge in [0.15, 0.2) is 5.78 Å². The van der Waals surface area contributed by atoms with Crippen LogP contribution in [0.2, 0.25) is 0 Å². The number of Topliss-reactive ketones (excluding diaryl/α,β-unsaturated/α-hetero) is 1. The number of amides is 1. The van der Waals surface area contributed by atoms with Crippen molar-refractivity contribution in [3.8, 4) is 5.75 Å². The molecule has 1 fully saturated rings. The molecule has 0 radical (unpaired) electrons. The number of nitrogens with one attached hydrogen (secondary N) is 1. The highest BCUT2D eigenvalue weighted by Crippen LogP contribution is 2.31. The molecule has 1 saturated heterocycles. The van der Waals surface area contributed by atoms with Gasteiger partial charge in [-0.25, -0.2) is 8.42 Å². The Labute approximate surface area is 196 Å². The van der Waals surface area contributed by atoms with E-state index in [1.807, 2.05) is 12.1 Å². The Bertz CT molecular complexity index is 1070. The van der Waals surface area contributed by atoms with Crippen LogP contribution in [-0.2, 0) is 21.2 Å². The van der Waals surface area contributed by atoms with Crippen LogP contribution in [0, 0.1) is 0 Å². The first-order chi connectivity index (χ1) is 15.8. The van der Waals surface area contributed by atoms with Gasteiger partial charge in [0.1, 0.15) is 10.6 Å². The lowest BCUT2D eigenvalue weighted by molar-refractivity contribution is -0.116. The Morgan fingerprint density at radius 1 is 1.00 bits per heavy atom. The molecule has 178 valence electrons. The van der Waals surface area contributed by atoms with Crippen molar-refractivity contribution in [2.24, 2.45) is 0 Å². The van der Waals surface area contributed by atoms with E-state index in [4.69, 9.17) is 4.74 Å². The summed E-state index contributed by atoms with van der Waals surface area (Å²) in [6.07, 6.45) is 4.76. The summed E-state index contributed by atoms with van der Waals surface area (Å²) in [5, 5.41) is 2.71. The number of sulfonamides is 1. The molecular formula is C25H32N2O5S. The highest BCUT2D eigenvalue weighted by molar-refractivity contribution is 7.89. The zero-order valence-electron chi connectivity index (χ0n) is 19.3. The minimum Gasteiger partial charge on any atom is -0.495 e. The number of carbonyl (C=O) groups excluding carboxylic acids is 2. The van der Waals surface area contributed by atoms with Gasteiger partial charge in [0.2, 0.25) is 15.9 Å². The molecule has 1 N–H and O–H groups in total. The van der Waals surface area contributed by atoms with Crippen molar-refractivity contribution < 1.29 is 22.7 Å². The second-order valence-corrected chi connectivity index (χ2v) is 10.2. The first kappa shape index (κ1) is 24.9. The van der Waals surface area contributed by atoms with Crippen molar-refractivity contribution in [3.63, 3.8) is 0 Å². The number of methoxy groups -OCH3 is 1. The average molecular weight is 473 g/mol. The van der Waals surface area contributed by atoms with Crippen LogP contribution in [0.1, 0.15) is 61.4 Å². The molecule has 3 rings (SSSR count). The highest BCUT2D eigenvalue weighted by atomic mass is 32.2. The summed E-state index contributed by atoms with van der Waals surface area (Å²) >= 11 is 0. The number of hydrogen-bond donors (Lipinski definition) is 1. The Balaban J connectivity index is 1.64. The molecule has 0 atom stereocenters. The number of rotatable bonds is 10. The fourth-order valence-electron chi connectivity index (χ4n) is 3.94. The predicted octanol–water partition coefficient (Wildman–Crippen LogP) is 4.42. The summed E-state index contributed by atoms with van der Waals surface area (Å²) in [6, 6.07) is 12.0. The molecule has 1 heterocycles. The number of piperidine rings is 1. The summed E-state index contributed by atoms with van der Waals surface area (Å²) in [5.41, 5.74) is 2.12. The third-order valence-electron chi connectivity index (χ3n) is 5.77. The standard InChI is InChI=1S/C25H32N2O5S/c1-3-7-19-8-10-20(11-9-19)22(28)13-15-25(29)26-21-12-14-23(32-2)24(18-21)33(30,31)27-16-5-4-6-17-27/h8-12,14,18H,3-7,13,15-17H2,1-2H3,(H,26,29). The van der Waals surface area contributed by atoms with Gasteiger partial charge in [0.05, 0.1) is 7.11 Å². The van der Waals surface area contributed by atoms with Gasteiger partial charge >= 0.3 is 0 Å². The Morgan fingerprint density at radius 2 is 1.70 bits per heavy atom. The molecule has 0 aliphatic carbocycles. The minimum absolute atomic E-state index is 0.00970. The Kier molecular flexibility index (Phi) is 8.63. The van der Waals surface area contributed by atoms with Crippen LogP contribution in [0.3, 0.4) is 0 Å². The molecule has 0 bridgehead atoms. The first-order valence-electron chi connectivity index (χ1n) is 11.5. The third kappa shape index (κ3) is 6.42. The zero-order valence-corrected chi connectivity index (χ0v) is 20.1. The maximum Gasteiger partial charge on any atom is 0.246 e. The second kappa shape index (κ2) is 11.4. The summed E-state index contributed by atoms with van der Waals surface area (Å²) in [6.45, 7) is 3.06. The van der Waals surface area contributed by atoms with Gasteiger partial charge in [-0.1, -0.05) is 44.0 Å². The van der Waals surface area contributed by atoms with Gasteiger partial charge in [-0.05, 0) is 43.0 Å². The lowest BCUT2D eigenvalue weighted by Gasteiger charge is -2.26. The fourth-order valence-corrected chi connectivity index (χ4v) is 5.64. The quantitative estimate of drug-likeness (QED) is 0.517. The second-order valence-electron chi connectivity index (χ2n) is 8.25. The lowest BCUT2D eigenvalue weighted by atomic mass is 10.0. The van der Waals surface area contributed by atoms with Crippen LogP contribution < -0.4 is 10.1 Å². The van der Waals surface area contributed by atoms with Crippen LogP contribution in [0.5, 0.6) is 5.75 Å². The van der Waals surface area contributed by atoms with E-state index in [9.17, 15) is 18.0 Å². The van der Waals surface area contributed by atoms with E-state index >= 15 is 0 Å². The van der Waals surface area contributed by atoms with Crippen LogP contribution in [-0.4, -0.2) is 44.6 Å². The maximum atomic E-state index is 13.1. The predicted molar refractivity (Wildman–Crippen MR) is 128 cm³/mol. The molecule has 1 aliphatic heterocycles. The summed E-state index contributed by atoms with van der Waals surface area (Å²) in [4.78, 5) is 24.9. The van der Waals surface area contributed by atoms with Crippen molar-refractivity contribution >= 4 is 27.4 Å². The van der Waals surface area contributed by atoms with E-state index in [0.29, 0.717) is 24.3 Å². The number of ketones is 1. The molecule has 7 nitrogen and oxygen atoms in total.